The summed E-state index contributed by atoms with van der Waals surface area (Å²) in [5, 5.41) is 15.4. The van der Waals surface area contributed by atoms with Crippen LogP contribution in [0.2, 0.25) is 0 Å². The van der Waals surface area contributed by atoms with E-state index in [4.69, 9.17) is 5.73 Å². The SMILES string of the molecule is CC1CC(NCCCN)NC(NC(=O)NC2CCC(C(F)(F)F)CC2)N1. The summed E-state index contributed by atoms with van der Waals surface area (Å²) in [7, 11) is 0. The Kier molecular flexibility index (Phi) is 7.93. The first-order chi connectivity index (χ1) is 12.3. The highest BCUT2D eigenvalue weighted by Crippen LogP contribution is 2.37. The molecule has 0 aromatic rings. The van der Waals surface area contributed by atoms with E-state index >= 15 is 0 Å². The van der Waals surface area contributed by atoms with Gasteiger partial charge in [-0.05, 0) is 58.5 Å². The molecule has 10 heteroatoms. The molecule has 0 aromatic heterocycles. The first-order valence-corrected chi connectivity index (χ1v) is 9.37. The van der Waals surface area contributed by atoms with Gasteiger partial charge in [-0.3, -0.25) is 10.6 Å². The molecule has 3 atom stereocenters. The molecule has 3 unspecified atom stereocenters. The van der Waals surface area contributed by atoms with Crippen molar-refractivity contribution >= 4 is 6.03 Å². The lowest BCUT2D eigenvalue weighted by molar-refractivity contribution is -0.182. The summed E-state index contributed by atoms with van der Waals surface area (Å²) >= 11 is 0. The Hall–Kier alpha value is -1.10. The van der Waals surface area contributed by atoms with Gasteiger partial charge >= 0.3 is 12.2 Å². The second-order valence-corrected chi connectivity index (χ2v) is 7.26. The van der Waals surface area contributed by atoms with E-state index in [0.29, 0.717) is 19.4 Å². The number of urea groups is 1. The number of carbonyl (C=O) groups excluding carboxylic acids is 1. The van der Waals surface area contributed by atoms with Gasteiger partial charge in [0.05, 0.1) is 12.1 Å². The first kappa shape index (κ1) is 21.2. The fourth-order valence-corrected chi connectivity index (χ4v) is 3.55. The summed E-state index contributed by atoms with van der Waals surface area (Å²) in [4.78, 5) is 12.2. The molecule has 7 nitrogen and oxygen atoms in total. The van der Waals surface area contributed by atoms with Crippen molar-refractivity contribution in [3.63, 3.8) is 0 Å². The van der Waals surface area contributed by atoms with Crippen LogP contribution in [0.4, 0.5) is 18.0 Å². The number of hydrogen-bond donors (Lipinski definition) is 6. The van der Waals surface area contributed by atoms with Crippen LogP contribution >= 0.6 is 0 Å². The summed E-state index contributed by atoms with van der Waals surface area (Å²) in [5.74, 6) is -1.24. The molecule has 1 saturated heterocycles. The van der Waals surface area contributed by atoms with Gasteiger partial charge in [0.1, 0.15) is 6.29 Å². The Labute approximate surface area is 152 Å². The summed E-state index contributed by atoms with van der Waals surface area (Å²) in [6.07, 6.45) is -1.90. The summed E-state index contributed by atoms with van der Waals surface area (Å²) < 4.78 is 38.1. The van der Waals surface area contributed by atoms with E-state index in [-0.39, 0.29) is 37.1 Å². The molecule has 1 heterocycles. The molecule has 0 spiro atoms. The van der Waals surface area contributed by atoms with Crippen LogP contribution in [0, 0.1) is 5.92 Å². The molecule has 2 rings (SSSR count). The minimum atomic E-state index is -4.13. The first-order valence-electron chi connectivity index (χ1n) is 9.37. The number of carbonyl (C=O) groups is 1. The zero-order valence-electron chi connectivity index (χ0n) is 15.2. The second kappa shape index (κ2) is 9.72. The molecule has 7 N–H and O–H groups in total. The number of nitrogens with one attached hydrogen (secondary N) is 5. The standard InChI is InChI=1S/C16H31F3N6O/c1-10-9-13(21-8-2-7-20)24-14(22-10)25-15(26)23-12-5-3-11(4-6-12)16(17,18)19/h10-14,21-22,24H,2-9,20H2,1H3,(H2,23,25,26). The van der Waals surface area contributed by atoms with Crippen molar-refractivity contribution in [2.24, 2.45) is 11.7 Å². The van der Waals surface area contributed by atoms with Gasteiger partial charge in [0.25, 0.3) is 0 Å². The van der Waals surface area contributed by atoms with Gasteiger partial charge < -0.3 is 21.7 Å². The van der Waals surface area contributed by atoms with Crippen LogP contribution in [0.15, 0.2) is 0 Å². The Morgan fingerprint density at radius 2 is 1.85 bits per heavy atom. The van der Waals surface area contributed by atoms with Gasteiger partial charge in [-0.1, -0.05) is 0 Å². The molecule has 0 aromatic carbocycles. The predicted octanol–water partition coefficient (Wildman–Crippen LogP) is 0.926. The zero-order chi connectivity index (χ0) is 19.2. The highest BCUT2D eigenvalue weighted by atomic mass is 19.4. The number of nitrogens with two attached hydrogens (primary N) is 1. The van der Waals surface area contributed by atoms with Gasteiger partial charge in [-0.25, -0.2) is 4.79 Å². The van der Waals surface area contributed by atoms with E-state index in [9.17, 15) is 18.0 Å². The van der Waals surface area contributed by atoms with E-state index in [1.807, 2.05) is 6.92 Å². The molecule has 0 radical (unpaired) electrons. The molecule has 2 aliphatic rings. The van der Waals surface area contributed by atoms with E-state index < -0.39 is 18.4 Å². The number of amides is 2. The maximum absolute atomic E-state index is 12.7. The van der Waals surface area contributed by atoms with Crippen molar-refractivity contribution in [2.45, 2.75) is 76.2 Å². The van der Waals surface area contributed by atoms with Crippen LogP contribution in [0.5, 0.6) is 0 Å². The van der Waals surface area contributed by atoms with Crippen molar-refractivity contribution in [2.75, 3.05) is 13.1 Å². The van der Waals surface area contributed by atoms with E-state index in [1.165, 1.54) is 0 Å². The Morgan fingerprint density at radius 3 is 2.46 bits per heavy atom. The third kappa shape index (κ3) is 6.90. The minimum Gasteiger partial charge on any atom is -0.335 e. The lowest BCUT2D eigenvalue weighted by Gasteiger charge is -2.37. The van der Waals surface area contributed by atoms with Gasteiger partial charge in [-0.2, -0.15) is 13.2 Å². The Balaban J connectivity index is 1.71. The second-order valence-electron chi connectivity index (χ2n) is 7.26. The van der Waals surface area contributed by atoms with Crippen molar-refractivity contribution in [1.82, 2.24) is 26.6 Å². The number of alkyl halides is 3. The van der Waals surface area contributed by atoms with Crippen molar-refractivity contribution in [3.8, 4) is 0 Å². The van der Waals surface area contributed by atoms with Crippen molar-refractivity contribution in [1.29, 1.82) is 0 Å². The van der Waals surface area contributed by atoms with Crippen LogP contribution in [-0.2, 0) is 0 Å². The number of halogens is 3. The quantitative estimate of drug-likeness (QED) is 0.385. The predicted molar refractivity (Wildman–Crippen MR) is 93.1 cm³/mol. The van der Waals surface area contributed by atoms with Crippen LogP contribution in [-0.4, -0.2) is 49.8 Å². The Morgan fingerprint density at radius 1 is 1.15 bits per heavy atom. The lowest BCUT2D eigenvalue weighted by Crippen LogP contribution is -2.68. The minimum absolute atomic E-state index is 0.0605. The molecule has 0 bridgehead atoms. The van der Waals surface area contributed by atoms with Gasteiger partial charge in [0.15, 0.2) is 0 Å². The van der Waals surface area contributed by atoms with E-state index in [2.05, 4.69) is 26.6 Å². The van der Waals surface area contributed by atoms with Crippen molar-refractivity contribution in [3.05, 3.63) is 0 Å². The van der Waals surface area contributed by atoms with Crippen LogP contribution in [0.1, 0.15) is 45.4 Å². The van der Waals surface area contributed by atoms with Gasteiger partial charge in [0, 0.05) is 12.1 Å². The normalized spacial score (nSPS) is 32.9. The maximum Gasteiger partial charge on any atom is 0.391 e. The average molecular weight is 380 g/mol. The van der Waals surface area contributed by atoms with Gasteiger partial charge in [0.2, 0.25) is 0 Å². The fraction of sp³-hybridized carbons (Fsp3) is 0.938. The average Bonchev–Trinajstić information content (AvgIpc) is 2.54. The van der Waals surface area contributed by atoms with Gasteiger partial charge in [-0.15, -0.1) is 0 Å². The molecule has 152 valence electrons. The molecule has 26 heavy (non-hydrogen) atoms. The topological polar surface area (TPSA) is 103 Å². The third-order valence-electron chi connectivity index (χ3n) is 4.98. The highest BCUT2D eigenvalue weighted by molar-refractivity contribution is 5.74. The van der Waals surface area contributed by atoms with Crippen LogP contribution < -0.4 is 32.3 Å². The third-order valence-corrected chi connectivity index (χ3v) is 4.98. The number of rotatable bonds is 6. The Bertz CT molecular complexity index is 442. The van der Waals surface area contributed by atoms with Crippen LogP contribution in [0.3, 0.4) is 0 Å². The highest BCUT2D eigenvalue weighted by Gasteiger charge is 2.41. The smallest absolute Gasteiger partial charge is 0.335 e. The molecular weight excluding hydrogens is 349 g/mol. The zero-order valence-corrected chi connectivity index (χ0v) is 15.2. The largest absolute Gasteiger partial charge is 0.391 e. The van der Waals surface area contributed by atoms with E-state index in [1.54, 1.807) is 0 Å². The molecule has 1 saturated carbocycles. The van der Waals surface area contributed by atoms with Crippen LogP contribution in [0.25, 0.3) is 0 Å². The fourth-order valence-electron chi connectivity index (χ4n) is 3.55. The monoisotopic (exact) mass is 380 g/mol. The molecule has 2 amide bonds. The number of hydrogen-bond acceptors (Lipinski definition) is 5. The summed E-state index contributed by atoms with van der Waals surface area (Å²) in [5.41, 5.74) is 5.49. The maximum atomic E-state index is 12.7. The molecule has 1 aliphatic heterocycles. The summed E-state index contributed by atoms with van der Waals surface area (Å²) in [6.45, 7) is 3.44. The molecular formula is C16H31F3N6O. The lowest BCUT2D eigenvalue weighted by atomic mass is 9.86. The van der Waals surface area contributed by atoms with E-state index in [0.717, 1.165) is 19.4 Å². The molecule has 1 aliphatic carbocycles. The van der Waals surface area contributed by atoms with Crippen molar-refractivity contribution < 1.29 is 18.0 Å². The summed E-state index contributed by atoms with van der Waals surface area (Å²) in [6, 6.07) is -0.382. The molecule has 2 fully saturated rings.